The van der Waals surface area contributed by atoms with Crippen LogP contribution >= 0.6 is 0 Å². The number of ketones is 1. The number of hydrogen-bond acceptors (Lipinski definition) is 9. The lowest BCUT2D eigenvalue weighted by Gasteiger charge is -2.37. The summed E-state index contributed by atoms with van der Waals surface area (Å²) in [5.41, 5.74) is 7.87. The summed E-state index contributed by atoms with van der Waals surface area (Å²) in [4.78, 5) is 48.2. The molecule has 1 N–H and O–H groups in total. The first-order chi connectivity index (χ1) is 26.2. The summed E-state index contributed by atoms with van der Waals surface area (Å²) >= 11 is 0. The van der Waals surface area contributed by atoms with Crippen molar-refractivity contribution in [2.75, 3.05) is 76.8 Å². The van der Waals surface area contributed by atoms with E-state index in [0.717, 1.165) is 93.4 Å². The van der Waals surface area contributed by atoms with Gasteiger partial charge in [-0.2, -0.15) is 5.10 Å². The molecule has 3 aliphatic rings. The normalized spacial score (nSPS) is 17.9. The molecule has 0 spiro atoms. The molecule has 54 heavy (non-hydrogen) atoms. The molecule has 294 valence electrons. The Labute approximate surface area is 322 Å². The van der Waals surface area contributed by atoms with Gasteiger partial charge in [0.15, 0.2) is 0 Å². The van der Waals surface area contributed by atoms with Crippen LogP contribution in [0.3, 0.4) is 0 Å². The number of fused-ring (bicyclic) bond motifs is 1. The van der Waals surface area contributed by atoms with Gasteiger partial charge in [-0.3, -0.25) is 4.79 Å². The number of nitrogens with zero attached hydrogens (tertiary/aromatic N) is 6. The topological polar surface area (TPSA) is 113 Å². The molecule has 0 saturated carbocycles. The summed E-state index contributed by atoms with van der Waals surface area (Å²) in [6.45, 7) is 12.5. The molecule has 0 bridgehead atoms. The van der Waals surface area contributed by atoms with Gasteiger partial charge in [0, 0.05) is 102 Å². The van der Waals surface area contributed by atoms with E-state index in [1.807, 2.05) is 16.5 Å². The van der Waals surface area contributed by atoms with Crippen molar-refractivity contribution < 1.29 is 19.1 Å². The fraction of sp³-hybridized carbons (Fsp3) is 0.605. The van der Waals surface area contributed by atoms with Crippen molar-refractivity contribution in [2.24, 2.45) is 5.92 Å². The van der Waals surface area contributed by atoms with Crippen LogP contribution in [0, 0.1) is 19.8 Å². The van der Waals surface area contributed by atoms with Gasteiger partial charge >= 0.3 is 0 Å². The van der Waals surface area contributed by atoms with Gasteiger partial charge in [-0.25, -0.2) is 9.67 Å². The number of carbonyl (C=O) groups excluding carboxylic acids is 3. The Morgan fingerprint density at radius 1 is 0.981 bits per heavy atom. The number of aromatic nitrogens is 3. The van der Waals surface area contributed by atoms with Gasteiger partial charge in [0.1, 0.15) is 17.9 Å². The van der Waals surface area contributed by atoms with E-state index in [4.69, 9.17) is 10.1 Å². The zero-order valence-electron chi connectivity index (χ0n) is 33.4. The Morgan fingerprint density at radius 2 is 1.76 bits per heavy atom. The highest BCUT2D eigenvalue weighted by molar-refractivity contribution is 5.79. The summed E-state index contributed by atoms with van der Waals surface area (Å²) in [6.07, 6.45) is 11.2. The fourth-order valence-electron chi connectivity index (χ4n) is 8.29. The van der Waals surface area contributed by atoms with Crippen molar-refractivity contribution in [2.45, 2.75) is 97.3 Å². The van der Waals surface area contributed by atoms with Crippen molar-refractivity contribution >= 4 is 29.5 Å². The highest BCUT2D eigenvalue weighted by atomic mass is 16.4. The predicted molar refractivity (Wildman–Crippen MR) is 216 cm³/mol. The Kier molecular flexibility index (Phi) is 15.6. The minimum atomic E-state index is 0.0771. The second-order valence-electron chi connectivity index (χ2n) is 15.6. The van der Waals surface area contributed by atoms with Crippen LogP contribution in [0.25, 0.3) is 5.69 Å². The monoisotopic (exact) mass is 741 g/mol. The number of aryl methyl sites for hydroxylation is 4. The van der Waals surface area contributed by atoms with E-state index in [0.29, 0.717) is 44.7 Å². The molecule has 3 aliphatic heterocycles. The number of hydrogen-bond donors (Lipinski definition) is 1. The Balaban J connectivity index is 0.00000181. The van der Waals surface area contributed by atoms with Crippen molar-refractivity contribution in [3.05, 3.63) is 64.6 Å². The molecule has 2 atom stereocenters. The lowest BCUT2D eigenvalue weighted by molar-refractivity contribution is -0.131. The number of benzene rings is 1. The average Bonchev–Trinajstić information content (AvgIpc) is 3.52. The standard InChI is InChI=1S/C41H57N7O3.C2H6O/c1-30-24-31(2)48(44-30)39-26-36(25-38(27-39)46-19-21-47(22-20-46)40(51)13-4-8-32(3)50)35(16-23-49)29-45-18-7-10-33(28-45)9-5-12-37-15-14-34-11-6-17-42-41(34)43-37;1-3-2/h14-15,23-27,33,35H,4-13,16-22,28-29H2,1-3H3,(H,42,43);1-2H3/t33-,35-;/m1./s1. The second kappa shape index (κ2) is 20.6. The predicted octanol–water partition coefficient (Wildman–Crippen LogP) is 6.32. The van der Waals surface area contributed by atoms with Gasteiger partial charge < -0.3 is 34.3 Å². The second-order valence-corrected chi connectivity index (χ2v) is 15.6. The van der Waals surface area contributed by atoms with Crippen molar-refractivity contribution in [1.29, 1.82) is 0 Å². The molecule has 1 aromatic carbocycles. The summed E-state index contributed by atoms with van der Waals surface area (Å²) in [6, 6.07) is 13.3. The highest BCUT2D eigenvalue weighted by Crippen LogP contribution is 2.32. The summed E-state index contributed by atoms with van der Waals surface area (Å²) in [7, 11) is 3.25. The summed E-state index contributed by atoms with van der Waals surface area (Å²) in [5, 5.41) is 8.29. The smallest absolute Gasteiger partial charge is 0.222 e. The number of piperazine rings is 1. The van der Waals surface area contributed by atoms with Gasteiger partial charge in [0.05, 0.1) is 11.4 Å². The number of pyridine rings is 1. The largest absolute Gasteiger partial charge is 0.388 e. The summed E-state index contributed by atoms with van der Waals surface area (Å²) in [5.74, 6) is 2.08. The summed E-state index contributed by atoms with van der Waals surface area (Å²) < 4.78 is 6.26. The van der Waals surface area contributed by atoms with E-state index in [1.54, 1.807) is 21.1 Å². The van der Waals surface area contributed by atoms with E-state index in [-0.39, 0.29) is 17.6 Å². The van der Waals surface area contributed by atoms with Gasteiger partial charge in [-0.1, -0.05) is 6.07 Å². The van der Waals surface area contributed by atoms with Crippen LogP contribution in [-0.2, 0) is 32.0 Å². The quantitative estimate of drug-likeness (QED) is 0.179. The molecule has 2 aromatic heterocycles. The molecule has 3 aromatic rings. The van der Waals surface area contributed by atoms with Crippen LogP contribution < -0.4 is 10.2 Å². The van der Waals surface area contributed by atoms with E-state index in [1.165, 1.54) is 42.5 Å². The van der Waals surface area contributed by atoms with Gasteiger partial charge in [0.2, 0.25) is 5.91 Å². The van der Waals surface area contributed by atoms with E-state index in [2.05, 4.69) is 63.2 Å². The van der Waals surface area contributed by atoms with Crippen LogP contribution in [-0.4, -0.2) is 109 Å². The third kappa shape index (κ3) is 11.7. The van der Waals surface area contributed by atoms with Crippen molar-refractivity contribution in [3.63, 3.8) is 0 Å². The van der Waals surface area contributed by atoms with Crippen LogP contribution in [0.4, 0.5) is 11.5 Å². The number of methoxy groups -OCH3 is 1. The molecule has 0 radical (unpaired) electrons. The molecule has 2 fully saturated rings. The molecule has 0 aliphatic carbocycles. The number of ether oxygens (including phenoxy) is 1. The third-order valence-electron chi connectivity index (χ3n) is 11.0. The van der Waals surface area contributed by atoms with Gasteiger partial charge in [-0.05, 0) is 126 Å². The molecule has 6 rings (SSSR count). The van der Waals surface area contributed by atoms with Gasteiger partial charge in [0.25, 0.3) is 0 Å². The maximum Gasteiger partial charge on any atom is 0.222 e. The Bertz CT molecular complexity index is 1680. The lowest BCUT2D eigenvalue weighted by Crippen LogP contribution is -2.48. The number of amides is 1. The SMILES string of the molecule is CC(=O)CCCC(=O)N1CCN(c2cc([C@H](CC=O)CN3CCC[C@@H](CCCc4ccc5c(n4)NCCC5)C3)cc(-n3nc(C)cc3C)c2)CC1.COC. The molecular formula is C43H63N7O4. The lowest BCUT2D eigenvalue weighted by atomic mass is 9.89. The zero-order chi connectivity index (χ0) is 38.5. The molecule has 2 saturated heterocycles. The maximum atomic E-state index is 12.8. The number of Topliss-reactive ketones (excluding diaryl/α,β-unsaturated/α-hetero) is 1. The van der Waals surface area contributed by atoms with Crippen LogP contribution in [0.15, 0.2) is 36.4 Å². The van der Waals surface area contributed by atoms with Gasteiger partial charge in [-0.15, -0.1) is 0 Å². The van der Waals surface area contributed by atoms with Crippen LogP contribution in [0.2, 0.25) is 0 Å². The first-order valence-corrected chi connectivity index (χ1v) is 20.2. The zero-order valence-corrected chi connectivity index (χ0v) is 33.4. The number of piperidine rings is 1. The number of nitrogens with one attached hydrogen (secondary N) is 1. The maximum absolute atomic E-state index is 12.8. The Hall–Kier alpha value is -4.09. The van der Waals surface area contributed by atoms with E-state index in [9.17, 15) is 14.4 Å². The highest BCUT2D eigenvalue weighted by Gasteiger charge is 2.26. The van der Waals surface area contributed by atoms with E-state index >= 15 is 0 Å². The number of rotatable bonds is 15. The third-order valence-corrected chi connectivity index (χ3v) is 11.0. The van der Waals surface area contributed by atoms with Crippen LogP contribution in [0.5, 0.6) is 0 Å². The van der Waals surface area contributed by atoms with Crippen LogP contribution in [0.1, 0.15) is 98.8 Å². The molecular weight excluding hydrogens is 679 g/mol. The molecule has 5 heterocycles. The molecule has 11 heteroatoms. The van der Waals surface area contributed by atoms with Crippen molar-refractivity contribution in [3.8, 4) is 5.69 Å². The number of carbonyl (C=O) groups is 3. The van der Waals surface area contributed by atoms with E-state index < -0.39 is 0 Å². The molecule has 1 amide bonds. The minimum absolute atomic E-state index is 0.0771. The first kappa shape index (κ1) is 41.1. The number of aldehydes is 1. The first-order valence-electron chi connectivity index (χ1n) is 20.2. The fourth-order valence-corrected chi connectivity index (χ4v) is 8.29. The Morgan fingerprint density at radius 3 is 2.48 bits per heavy atom. The number of anilines is 2. The average molecular weight is 742 g/mol. The molecule has 0 unspecified atom stereocenters. The number of likely N-dealkylation sites (tertiary alicyclic amines) is 1. The van der Waals surface area contributed by atoms with Crippen molar-refractivity contribution in [1.82, 2.24) is 24.6 Å². The molecule has 11 nitrogen and oxygen atoms in total. The minimum Gasteiger partial charge on any atom is -0.388 e.